The number of nitrogens with zero attached hydrogens (tertiary/aromatic N) is 3. The number of hydrogen-bond donors (Lipinski definition) is 1. The fourth-order valence-corrected chi connectivity index (χ4v) is 1.71. The quantitative estimate of drug-likeness (QED) is 0.754. The van der Waals surface area contributed by atoms with E-state index in [2.05, 4.69) is 10.2 Å². The monoisotopic (exact) mass is 217 g/mol. The Morgan fingerprint density at radius 3 is 2.79 bits per heavy atom. The molecule has 0 bridgehead atoms. The first-order valence-corrected chi connectivity index (χ1v) is 4.19. The van der Waals surface area contributed by atoms with E-state index in [1.807, 2.05) is 11.5 Å². The molecule has 14 heavy (non-hydrogen) atoms. The van der Waals surface area contributed by atoms with Gasteiger partial charge in [-0.1, -0.05) is 0 Å². The van der Waals surface area contributed by atoms with Crippen molar-refractivity contribution in [3.05, 3.63) is 11.6 Å². The summed E-state index contributed by atoms with van der Waals surface area (Å²) in [6.45, 7) is 4.24. The van der Waals surface area contributed by atoms with Crippen LogP contribution in [0.15, 0.2) is 0 Å². The molecule has 2 heterocycles. The predicted octanol–water partition coefficient (Wildman–Crippen LogP) is 0.754. The average Bonchev–Trinajstić information content (AvgIpc) is 2.57. The second kappa shape index (κ2) is 3.24. The van der Waals surface area contributed by atoms with E-state index in [0.717, 1.165) is 5.82 Å². The van der Waals surface area contributed by atoms with Crippen molar-refractivity contribution in [2.75, 3.05) is 0 Å². The van der Waals surface area contributed by atoms with Gasteiger partial charge in [0.1, 0.15) is 17.1 Å². The molecule has 1 aliphatic heterocycles. The number of carboxylic acid groups (broad SMARTS) is 1. The lowest BCUT2D eigenvalue weighted by Crippen LogP contribution is -2.30. The first kappa shape index (κ1) is 11.0. The molecule has 1 unspecified atom stereocenters. The molecule has 6 heteroatoms. The van der Waals surface area contributed by atoms with Crippen molar-refractivity contribution in [2.45, 2.75) is 32.2 Å². The third-order valence-corrected chi connectivity index (χ3v) is 2.74. The molecule has 2 rings (SSSR count). The Labute approximate surface area is 87.6 Å². The SMILES string of the molecule is Cc1nnc2n1CCC2(C)C(=O)O.Cl. The highest BCUT2D eigenvalue weighted by molar-refractivity contribution is 5.85. The number of carboxylic acids is 1. The van der Waals surface area contributed by atoms with Crippen LogP contribution in [0.25, 0.3) is 0 Å². The Balaban J connectivity index is 0.000000980. The standard InChI is InChI=1S/C8H11N3O2.ClH/c1-5-9-10-6-8(2,7(12)13)3-4-11(5)6;/h3-4H2,1-2H3,(H,12,13);1H. The van der Waals surface area contributed by atoms with Gasteiger partial charge in [-0.2, -0.15) is 0 Å². The third kappa shape index (κ3) is 1.19. The van der Waals surface area contributed by atoms with Crippen LogP contribution in [0.4, 0.5) is 0 Å². The lowest BCUT2D eigenvalue weighted by Gasteiger charge is -2.14. The molecule has 1 N–H and O–H groups in total. The predicted molar refractivity (Wildman–Crippen MR) is 51.6 cm³/mol. The lowest BCUT2D eigenvalue weighted by molar-refractivity contribution is -0.143. The summed E-state index contributed by atoms with van der Waals surface area (Å²) in [5.41, 5.74) is -0.846. The van der Waals surface area contributed by atoms with Gasteiger partial charge in [0, 0.05) is 6.54 Å². The molecule has 0 saturated carbocycles. The maximum atomic E-state index is 11.0. The summed E-state index contributed by atoms with van der Waals surface area (Å²) in [5, 5.41) is 16.8. The minimum atomic E-state index is -0.846. The highest BCUT2D eigenvalue weighted by Gasteiger charge is 2.44. The number of fused-ring (bicyclic) bond motifs is 1. The normalized spacial score (nSPS) is 24.1. The molecule has 0 amide bonds. The Morgan fingerprint density at radius 2 is 2.21 bits per heavy atom. The number of aryl methyl sites for hydroxylation is 1. The number of rotatable bonds is 1. The van der Waals surface area contributed by atoms with Gasteiger partial charge in [-0.3, -0.25) is 4.79 Å². The molecule has 0 aromatic carbocycles. The maximum absolute atomic E-state index is 11.0. The fourth-order valence-electron chi connectivity index (χ4n) is 1.71. The zero-order valence-corrected chi connectivity index (χ0v) is 8.84. The smallest absolute Gasteiger partial charge is 0.317 e. The number of aliphatic carboxylic acids is 1. The van der Waals surface area contributed by atoms with Gasteiger partial charge >= 0.3 is 5.97 Å². The van der Waals surface area contributed by atoms with E-state index >= 15 is 0 Å². The van der Waals surface area contributed by atoms with Crippen LogP contribution in [0.5, 0.6) is 0 Å². The molecule has 1 aliphatic rings. The largest absolute Gasteiger partial charge is 0.480 e. The molecule has 0 spiro atoms. The van der Waals surface area contributed by atoms with Gasteiger partial charge < -0.3 is 9.67 Å². The zero-order valence-electron chi connectivity index (χ0n) is 8.02. The Kier molecular flexibility index (Phi) is 2.54. The van der Waals surface area contributed by atoms with Crippen molar-refractivity contribution in [3.8, 4) is 0 Å². The molecule has 0 saturated heterocycles. The van der Waals surface area contributed by atoms with Crippen LogP contribution in [0.2, 0.25) is 0 Å². The summed E-state index contributed by atoms with van der Waals surface area (Å²) in [4.78, 5) is 11.0. The Hall–Kier alpha value is -1.10. The molecule has 0 fully saturated rings. The van der Waals surface area contributed by atoms with Crippen molar-refractivity contribution in [2.24, 2.45) is 0 Å². The molecular formula is C8H12ClN3O2. The van der Waals surface area contributed by atoms with Crippen molar-refractivity contribution >= 4 is 18.4 Å². The minimum absolute atomic E-state index is 0. The molecule has 1 aromatic heterocycles. The van der Waals surface area contributed by atoms with Crippen LogP contribution >= 0.6 is 12.4 Å². The van der Waals surface area contributed by atoms with E-state index in [9.17, 15) is 4.79 Å². The van der Waals surface area contributed by atoms with Gasteiger partial charge in [0.2, 0.25) is 0 Å². The molecule has 5 nitrogen and oxygen atoms in total. The van der Waals surface area contributed by atoms with E-state index in [-0.39, 0.29) is 12.4 Å². The molecule has 1 atom stereocenters. The molecule has 0 radical (unpaired) electrons. The van der Waals surface area contributed by atoms with Crippen LogP contribution in [0.3, 0.4) is 0 Å². The molecule has 78 valence electrons. The average molecular weight is 218 g/mol. The van der Waals surface area contributed by atoms with Gasteiger partial charge in [0.15, 0.2) is 0 Å². The van der Waals surface area contributed by atoms with Crippen molar-refractivity contribution in [3.63, 3.8) is 0 Å². The number of halogens is 1. The maximum Gasteiger partial charge on any atom is 0.317 e. The van der Waals surface area contributed by atoms with Crippen LogP contribution in [0.1, 0.15) is 25.0 Å². The van der Waals surface area contributed by atoms with Crippen LogP contribution in [-0.2, 0) is 16.8 Å². The van der Waals surface area contributed by atoms with Gasteiger partial charge in [0.25, 0.3) is 0 Å². The molecular weight excluding hydrogens is 206 g/mol. The van der Waals surface area contributed by atoms with Crippen LogP contribution in [-0.4, -0.2) is 25.8 Å². The highest BCUT2D eigenvalue weighted by Crippen LogP contribution is 2.33. The minimum Gasteiger partial charge on any atom is -0.480 e. The van der Waals surface area contributed by atoms with Gasteiger partial charge in [0.05, 0.1) is 0 Å². The van der Waals surface area contributed by atoms with Crippen LogP contribution in [0, 0.1) is 6.92 Å². The topological polar surface area (TPSA) is 68.0 Å². The summed E-state index contributed by atoms with van der Waals surface area (Å²) in [5.74, 6) is 0.552. The van der Waals surface area contributed by atoms with Gasteiger partial charge in [-0.15, -0.1) is 22.6 Å². The first-order valence-electron chi connectivity index (χ1n) is 4.19. The summed E-state index contributed by atoms with van der Waals surface area (Å²) in [6, 6.07) is 0. The highest BCUT2D eigenvalue weighted by atomic mass is 35.5. The van der Waals surface area contributed by atoms with E-state index in [4.69, 9.17) is 5.11 Å². The third-order valence-electron chi connectivity index (χ3n) is 2.74. The van der Waals surface area contributed by atoms with Crippen molar-refractivity contribution in [1.29, 1.82) is 0 Å². The lowest BCUT2D eigenvalue weighted by atomic mass is 9.89. The fraction of sp³-hybridized carbons (Fsp3) is 0.625. The summed E-state index contributed by atoms with van der Waals surface area (Å²) < 4.78 is 1.87. The Morgan fingerprint density at radius 1 is 1.57 bits per heavy atom. The van der Waals surface area contributed by atoms with Crippen molar-refractivity contribution < 1.29 is 9.90 Å². The Bertz CT molecular complexity index is 377. The summed E-state index contributed by atoms with van der Waals surface area (Å²) in [6.07, 6.45) is 0.605. The second-order valence-electron chi connectivity index (χ2n) is 3.61. The van der Waals surface area contributed by atoms with E-state index in [0.29, 0.717) is 18.8 Å². The van der Waals surface area contributed by atoms with Gasteiger partial charge in [-0.25, -0.2) is 0 Å². The van der Waals surface area contributed by atoms with E-state index in [1.165, 1.54) is 0 Å². The summed E-state index contributed by atoms with van der Waals surface area (Å²) >= 11 is 0. The number of carbonyl (C=O) groups is 1. The molecule has 0 aliphatic carbocycles. The second-order valence-corrected chi connectivity index (χ2v) is 3.61. The molecule has 1 aromatic rings. The summed E-state index contributed by atoms with van der Waals surface area (Å²) in [7, 11) is 0. The van der Waals surface area contributed by atoms with E-state index < -0.39 is 11.4 Å². The number of aromatic nitrogens is 3. The van der Waals surface area contributed by atoms with Crippen LogP contribution < -0.4 is 0 Å². The number of hydrogen-bond acceptors (Lipinski definition) is 3. The van der Waals surface area contributed by atoms with Crippen molar-refractivity contribution in [1.82, 2.24) is 14.8 Å². The first-order chi connectivity index (χ1) is 6.05. The zero-order chi connectivity index (χ0) is 9.64. The van der Waals surface area contributed by atoms with E-state index in [1.54, 1.807) is 6.92 Å². The van der Waals surface area contributed by atoms with Gasteiger partial charge in [-0.05, 0) is 20.3 Å².